The molecule has 11 N–H and O–H groups in total. The number of H-pyrrole nitrogens is 1. The molecule has 3 amide bonds. The van der Waals surface area contributed by atoms with E-state index in [0.29, 0.717) is 6.42 Å². The fourth-order valence-corrected chi connectivity index (χ4v) is 4.67. The number of aliphatic imine (C=N–C) groups is 1. The van der Waals surface area contributed by atoms with Crippen molar-refractivity contribution in [1.82, 2.24) is 20.9 Å². The first kappa shape index (κ1) is 33.6. The number of hydrogen-bond acceptors (Lipinski definition) is 6. The first-order valence-corrected chi connectivity index (χ1v) is 14.5. The number of nitrogens with zero attached hydrogens (tertiary/aromatic N) is 1. The highest BCUT2D eigenvalue weighted by molar-refractivity contribution is 5.94. The highest BCUT2D eigenvalue weighted by Crippen LogP contribution is 2.19. The van der Waals surface area contributed by atoms with Gasteiger partial charge in [0.1, 0.15) is 18.1 Å². The molecule has 1 heterocycles. The van der Waals surface area contributed by atoms with E-state index in [2.05, 4.69) is 25.9 Å². The van der Waals surface area contributed by atoms with E-state index in [1.165, 1.54) is 0 Å². The lowest BCUT2D eigenvalue weighted by atomic mass is 10.0. The zero-order valence-corrected chi connectivity index (χ0v) is 25.0. The molecule has 0 saturated heterocycles. The maximum Gasteiger partial charge on any atom is 0.326 e. The zero-order chi connectivity index (χ0) is 32.2. The van der Waals surface area contributed by atoms with Gasteiger partial charge in [-0.1, -0.05) is 62.4 Å². The lowest BCUT2D eigenvalue weighted by Gasteiger charge is -2.26. The van der Waals surface area contributed by atoms with Crippen molar-refractivity contribution in [2.45, 2.75) is 63.7 Å². The number of carboxylic acid groups (broad SMARTS) is 1. The summed E-state index contributed by atoms with van der Waals surface area (Å²) in [6.07, 6.45) is 2.34. The number of aliphatic carboxylic acids is 1. The quantitative estimate of drug-likeness (QED) is 0.0649. The van der Waals surface area contributed by atoms with Crippen molar-refractivity contribution in [1.29, 1.82) is 0 Å². The number of hydrogen-bond donors (Lipinski definition) is 8. The van der Waals surface area contributed by atoms with Crippen LogP contribution in [0.15, 0.2) is 65.8 Å². The topological polar surface area (TPSA) is 231 Å². The minimum Gasteiger partial charge on any atom is -0.480 e. The van der Waals surface area contributed by atoms with Crippen molar-refractivity contribution >= 4 is 40.6 Å². The normalized spacial score (nSPS) is 13.8. The number of guanidine groups is 1. The molecule has 0 spiro atoms. The van der Waals surface area contributed by atoms with Crippen LogP contribution in [0.25, 0.3) is 10.9 Å². The molecule has 13 heteroatoms. The second kappa shape index (κ2) is 16.1. The molecule has 0 aliphatic heterocycles. The molecule has 2 aromatic carbocycles. The number of rotatable bonds is 16. The maximum atomic E-state index is 13.6. The Bertz CT molecular complexity index is 1450. The molecule has 44 heavy (non-hydrogen) atoms. The number of aromatic amines is 1. The number of nitrogens with two attached hydrogens (primary N) is 3. The highest BCUT2D eigenvalue weighted by Gasteiger charge is 2.31. The fraction of sp³-hybridized carbons (Fsp3) is 0.387. The van der Waals surface area contributed by atoms with Crippen LogP contribution in [0.3, 0.4) is 0 Å². The summed E-state index contributed by atoms with van der Waals surface area (Å²) in [5.74, 6) is -3.33. The van der Waals surface area contributed by atoms with E-state index in [-0.39, 0.29) is 37.7 Å². The van der Waals surface area contributed by atoms with Crippen LogP contribution < -0.4 is 33.2 Å². The number of aromatic nitrogens is 1. The van der Waals surface area contributed by atoms with Crippen LogP contribution in [0.5, 0.6) is 0 Å². The first-order chi connectivity index (χ1) is 21.0. The number of nitrogens with one attached hydrogen (secondary N) is 4. The Morgan fingerprint density at radius 3 is 2.11 bits per heavy atom. The molecule has 4 atom stereocenters. The summed E-state index contributed by atoms with van der Waals surface area (Å²) < 4.78 is 0. The van der Waals surface area contributed by atoms with Gasteiger partial charge in [-0.3, -0.25) is 19.4 Å². The molecule has 0 radical (unpaired) electrons. The van der Waals surface area contributed by atoms with Gasteiger partial charge >= 0.3 is 5.97 Å². The molecule has 1 aromatic heterocycles. The van der Waals surface area contributed by atoms with E-state index in [4.69, 9.17) is 17.2 Å². The smallest absolute Gasteiger partial charge is 0.326 e. The van der Waals surface area contributed by atoms with E-state index in [0.717, 1.165) is 22.0 Å². The second-order valence-electron chi connectivity index (χ2n) is 11.0. The largest absolute Gasteiger partial charge is 0.480 e. The van der Waals surface area contributed by atoms with Crippen LogP contribution in [0, 0.1) is 5.92 Å². The van der Waals surface area contributed by atoms with Crippen LogP contribution in [-0.4, -0.2) is 70.5 Å². The number of carbonyl (C=O) groups excluding carboxylic acids is 3. The maximum absolute atomic E-state index is 13.6. The van der Waals surface area contributed by atoms with E-state index >= 15 is 0 Å². The number of amides is 3. The van der Waals surface area contributed by atoms with Crippen molar-refractivity contribution in [2.24, 2.45) is 28.1 Å². The molecule has 0 bridgehead atoms. The van der Waals surface area contributed by atoms with Crippen LogP contribution in [0.2, 0.25) is 0 Å². The second-order valence-corrected chi connectivity index (χ2v) is 11.0. The third kappa shape index (κ3) is 9.83. The summed E-state index contributed by atoms with van der Waals surface area (Å²) in [5.41, 5.74) is 19.1. The Labute approximate surface area is 256 Å². The van der Waals surface area contributed by atoms with E-state index in [1.54, 1.807) is 44.3 Å². The van der Waals surface area contributed by atoms with E-state index < -0.39 is 47.9 Å². The summed E-state index contributed by atoms with van der Waals surface area (Å²) in [4.78, 5) is 59.3. The van der Waals surface area contributed by atoms with Crippen molar-refractivity contribution < 1.29 is 24.3 Å². The van der Waals surface area contributed by atoms with Gasteiger partial charge < -0.3 is 43.2 Å². The van der Waals surface area contributed by atoms with Gasteiger partial charge in [-0.25, -0.2) is 4.79 Å². The average molecular weight is 607 g/mol. The minimum atomic E-state index is -1.27. The molecular weight excluding hydrogens is 564 g/mol. The Balaban J connectivity index is 1.82. The van der Waals surface area contributed by atoms with Crippen molar-refractivity contribution in [3.8, 4) is 0 Å². The number of para-hydroxylation sites is 1. The molecule has 3 aromatic rings. The van der Waals surface area contributed by atoms with Crippen molar-refractivity contribution in [3.05, 3.63) is 71.9 Å². The number of carboxylic acids is 1. The predicted molar refractivity (Wildman–Crippen MR) is 168 cm³/mol. The monoisotopic (exact) mass is 606 g/mol. The summed E-state index contributed by atoms with van der Waals surface area (Å²) in [6.45, 7) is 3.79. The van der Waals surface area contributed by atoms with Gasteiger partial charge in [-0.2, -0.15) is 0 Å². The molecule has 0 fully saturated rings. The van der Waals surface area contributed by atoms with Gasteiger partial charge in [0.05, 0.1) is 6.04 Å². The predicted octanol–water partition coefficient (Wildman–Crippen LogP) is 0.529. The average Bonchev–Trinajstić information content (AvgIpc) is 3.40. The molecule has 13 nitrogen and oxygen atoms in total. The van der Waals surface area contributed by atoms with Gasteiger partial charge in [-0.15, -0.1) is 0 Å². The minimum absolute atomic E-state index is 0.0215. The van der Waals surface area contributed by atoms with Gasteiger partial charge in [-0.05, 0) is 36.0 Å². The third-order valence-corrected chi connectivity index (χ3v) is 7.23. The van der Waals surface area contributed by atoms with Gasteiger partial charge in [0.2, 0.25) is 17.7 Å². The third-order valence-electron chi connectivity index (χ3n) is 7.23. The van der Waals surface area contributed by atoms with Crippen LogP contribution in [-0.2, 0) is 32.0 Å². The zero-order valence-electron chi connectivity index (χ0n) is 25.0. The standard InChI is InChI=1S/C31H42N8O5/c1-18(2)26(32)29(42)37-23(13-8-14-35-31(33)34)27(40)38-24(15-19-9-4-3-5-10-19)28(41)39-25(30(43)44)16-20-17-36-22-12-7-6-11-21(20)22/h3-7,9-12,17-18,23-26,36H,8,13-16,32H2,1-2H3,(H,37,42)(H,38,40)(H,39,41)(H,43,44)(H4,33,34,35). The molecule has 0 saturated carbocycles. The van der Waals surface area contributed by atoms with Gasteiger partial charge in [0.15, 0.2) is 5.96 Å². The highest BCUT2D eigenvalue weighted by atomic mass is 16.4. The summed E-state index contributed by atoms with van der Waals surface area (Å²) in [7, 11) is 0. The summed E-state index contributed by atoms with van der Waals surface area (Å²) in [5, 5.41) is 18.9. The summed E-state index contributed by atoms with van der Waals surface area (Å²) in [6, 6.07) is 12.1. The van der Waals surface area contributed by atoms with Crippen molar-refractivity contribution in [3.63, 3.8) is 0 Å². The fourth-order valence-electron chi connectivity index (χ4n) is 4.67. The Morgan fingerprint density at radius 1 is 0.841 bits per heavy atom. The molecule has 236 valence electrons. The number of fused-ring (bicyclic) bond motifs is 1. The molecule has 4 unspecified atom stereocenters. The molecule has 0 aliphatic carbocycles. The Kier molecular flexibility index (Phi) is 12.3. The SMILES string of the molecule is CC(C)C(N)C(=O)NC(CCCN=C(N)N)C(=O)NC(Cc1ccccc1)C(=O)NC(Cc1c[nH]c2ccccc12)C(=O)O. The van der Waals surface area contributed by atoms with Gasteiger partial charge in [0, 0.05) is 36.5 Å². The Morgan fingerprint density at radius 2 is 1.45 bits per heavy atom. The lowest BCUT2D eigenvalue weighted by Crippen LogP contribution is -2.58. The Hall–Kier alpha value is -4.91. The molecule has 3 rings (SSSR count). The van der Waals surface area contributed by atoms with Gasteiger partial charge in [0.25, 0.3) is 0 Å². The summed E-state index contributed by atoms with van der Waals surface area (Å²) >= 11 is 0. The number of carbonyl (C=O) groups is 4. The van der Waals surface area contributed by atoms with Crippen LogP contribution in [0.1, 0.15) is 37.8 Å². The molecular formula is C31H42N8O5. The lowest BCUT2D eigenvalue weighted by molar-refractivity contribution is -0.142. The van der Waals surface area contributed by atoms with E-state index in [1.807, 2.05) is 30.3 Å². The van der Waals surface area contributed by atoms with Crippen LogP contribution >= 0.6 is 0 Å². The number of benzene rings is 2. The van der Waals surface area contributed by atoms with Crippen molar-refractivity contribution in [2.75, 3.05) is 6.54 Å². The van der Waals surface area contributed by atoms with E-state index in [9.17, 15) is 24.3 Å². The van der Waals surface area contributed by atoms with Crippen LogP contribution in [0.4, 0.5) is 0 Å². The first-order valence-electron chi connectivity index (χ1n) is 14.5. The molecule has 0 aliphatic rings.